The van der Waals surface area contributed by atoms with E-state index in [0.29, 0.717) is 17.1 Å². The van der Waals surface area contributed by atoms with Crippen molar-refractivity contribution >= 4 is 28.9 Å². The van der Waals surface area contributed by atoms with Gasteiger partial charge in [0.1, 0.15) is 0 Å². The highest BCUT2D eigenvalue weighted by Gasteiger charge is 2.47. The highest BCUT2D eigenvalue weighted by Crippen LogP contribution is 2.35. The molecule has 0 spiro atoms. The Balaban J connectivity index is 1.33. The Morgan fingerprint density at radius 2 is 1.76 bits per heavy atom. The van der Waals surface area contributed by atoms with E-state index in [1.165, 1.54) is 9.58 Å². The molecule has 1 aliphatic carbocycles. The van der Waals surface area contributed by atoms with Gasteiger partial charge in [-0.15, -0.1) is 0 Å². The molecule has 2 fully saturated rings. The van der Waals surface area contributed by atoms with Gasteiger partial charge in [-0.05, 0) is 49.2 Å². The minimum absolute atomic E-state index is 0.0635. The third kappa shape index (κ3) is 4.24. The minimum Gasteiger partial charge on any atom is -0.539 e. The number of carbonyl (C=O) groups is 2. The third-order valence-electron chi connectivity index (χ3n) is 5.89. The van der Waals surface area contributed by atoms with Gasteiger partial charge < -0.3 is 9.63 Å². The lowest BCUT2D eigenvalue weighted by atomic mass is 10.2. The monoisotopic (exact) mass is 446 g/mol. The SMILES string of the molecule is C[n+]1noc([O-])c1CN(C1CC1)C1CC(=O)N(c2ccc(N=Nc3ccccc3)cc2)C1=O. The Morgan fingerprint density at radius 3 is 2.36 bits per heavy atom. The second-order valence-electron chi connectivity index (χ2n) is 8.17. The molecule has 2 heterocycles. The molecule has 1 saturated heterocycles. The molecule has 2 aromatic carbocycles. The van der Waals surface area contributed by atoms with Crippen LogP contribution in [0.2, 0.25) is 0 Å². The summed E-state index contributed by atoms with van der Waals surface area (Å²) in [6.45, 7) is 0.208. The van der Waals surface area contributed by atoms with E-state index < -0.39 is 12.0 Å². The highest BCUT2D eigenvalue weighted by molar-refractivity contribution is 6.22. The molecule has 1 atom stereocenters. The van der Waals surface area contributed by atoms with Gasteiger partial charge in [-0.25, -0.2) is 4.90 Å². The first-order valence-electron chi connectivity index (χ1n) is 10.7. The van der Waals surface area contributed by atoms with Gasteiger partial charge in [0.2, 0.25) is 11.6 Å². The summed E-state index contributed by atoms with van der Waals surface area (Å²) in [5, 5.41) is 24.0. The zero-order chi connectivity index (χ0) is 22.9. The number of rotatable bonds is 7. The number of imide groups is 1. The Morgan fingerprint density at radius 1 is 1.09 bits per heavy atom. The molecule has 5 rings (SSSR count). The number of amides is 2. The number of hydrogen-bond donors (Lipinski definition) is 0. The smallest absolute Gasteiger partial charge is 0.251 e. The maximum atomic E-state index is 13.3. The highest BCUT2D eigenvalue weighted by atomic mass is 16.6. The molecule has 33 heavy (non-hydrogen) atoms. The number of aromatic nitrogens is 2. The van der Waals surface area contributed by atoms with Gasteiger partial charge in [0.15, 0.2) is 13.0 Å². The average molecular weight is 446 g/mol. The second kappa shape index (κ2) is 8.55. The van der Waals surface area contributed by atoms with Gasteiger partial charge in [-0.1, -0.05) is 22.9 Å². The summed E-state index contributed by atoms with van der Waals surface area (Å²) in [5.74, 6) is -1.10. The lowest BCUT2D eigenvalue weighted by Crippen LogP contribution is -2.46. The second-order valence-corrected chi connectivity index (χ2v) is 8.17. The lowest BCUT2D eigenvalue weighted by molar-refractivity contribution is -0.747. The van der Waals surface area contributed by atoms with E-state index in [9.17, 15) is 14.7 Å². The maximum absolute atomic E-state index is 13.3. The summed E-state index contributed by atoms with van der Waals surface area (Å²) >= 11 is 0. The Hall–Kier alpha value is -3.92. The van der Waals surface area contributed by atoms with E-state index in [2.05, 4.69) is 15.5 Å². The molecule has 1 unspecified atom stereocenters. The van der Waals surface area contributed by atoms with Crippen molar-refractivity contribution in [1.29, 1.82) is 0 Å². The van der Waals surface area contributed by atoms with Crippen molar-refractivity contribution in [1.82, 2.24) is 10.2 Å². The zero-order valence-corrected chi connectivity index (χ0v) is 18.0. The van der Waals surface area contributed by atoms with Crippen molar-refractivity contribution < 1.29 is 23.9 Å². The number of nitrogens with zero attached hydrogens (tertiary/aromatic N) is 6. The van der Waals surface area contributed by atoms with Crippen LogP contribution in [-0.2, 0) is 23.2 Å². The molecule has 2 aliphatic rings. The third-order valence-corrected chi connectivity index (χ3v) is 5.89. The molecule has 0 N–H and O–H groups in total. The predicted octanol–water partition coefficient (Wildman–Crippen LogP) is 2.28. The van der Waals surface area contributed by atoms with Crippen LogP contribution in [0.5, 0.6) is 5.95 Å². The minimum atomic E-state index is -0.628. The largest absolute Gasteiger partial charge is 0.539 e. The average Bonchev–Trinajstić information content (AvgIpc) is 3.56. The first kappa shape index (κ1) is 21.0. The van der Waals surface area contributed by atoms with E-state index in [0.717, 1.165) is 18.5 Å². The van der Waals surface area contributed by atoms with Gasteiger partial charge in [0, 0.05) is 6.04 Å². The topological polar surface area (TPSA) is 118 Å². The summed E-state index contributed by atoms with van der Waals surface area (Å²) in [7, 11) is 1.62. The molecule has 1 aromatic heterocycles. The number of anilines is 1. The summed E-state index contributed by atoms with van der Waals surface area (Å²) in [6.07, 6.45) is 1.90. The molecule has 1 saturated carbocycles. The predicted molar refractivity (Wildman–Crippen MR) is 114 cm³/mol. The van der Waals surface area contributed by atoms with Crippen LogP contribution in [0.4, 0.5) is 17.1 Å². The van der Waals surface area contributed by atoms with Crippen LogP contribution < -0.4 is 14.7 Å². The van der Waals surface area contributed by atoms with Crippen molar-refractivity contribution in [2.45, 2.75) is 37.9 Å². The standard InChI is InChI=1S/C23H22N6O4/c1-27-20(23(32)33-26-27)14-28(17-11-12-17)19-13-21(30)29(22(19)31)18-9-7-16(8-10-18)25-24-15-5-3-2-4-6-15/h2-10,17,19H,11-14H2,1H3. The molecule has 10 nitrogen and oxygen atoms in total. The molecule has 0 bridgehead atoms. The number of benzene rings is 2. The molecule has 0 radical (unpaired) electrons. The number of hydrogen-bond acceptors (Lipinski definition) is 8. The summed E-state index contributed by atoms with van der Waals surface area (Å²) < 4.78 is 6.08. The molecule has 10 heteroatoms. The van der Waals surface area contributed by atoms with E-state index in [1.807, 2.05) is 35.2 Å². The van der Waals surface area contributed by atoms with Crippen molar-refractivity contribution in [2.75, 3.05) is 4.90 Å². The van der Waals surface area contributed by atoms with Crippen LogP contribution in [0, 0.1) is 0 Å². The summed E-state index contributed by atoms with van der Waals surface area (Å²) in [4.78, 5) is 29.2. The summed E-state index contributed by atoms with van der Waals surface area (Å²) in [6, 6.07) is 15.7. The van der Waals surface area contributed by atoms with Gasteiger partial charge in [0.05, 0.1) is 41.3 Å². The lowest BCUT2D eigenvalue weighted by Gasteiger charge is -2.25. The molecular formula is C23H22N6O4. The molecule has 1 aliphatic heterocycles. The van der Waals surface area contributed by atoms with Crippen molar-refractivity contribution in [3.05, 3.63) is 60.3 Å². The maximum Gasteiger partial charge on any atom is 0.251 e. The van der Waals surface area contributed by atoms with Crippen LogP contribution in [-0.4, -0.2) is 34.1 Å². The molecule has 168 valence electrons. The fourth-order valence-corrected chi connectivity index (χ4v) is 4.00. The van der Waals surface area contributed by atoms with Crippen LogP contribution in [0.3, 0.4) is 0 Å². The molecule has 3 aromatic rings. The fourth-order valence-electron chi connectivity index (χ4n) is 4.00. The van der Waals surface area contributed by atoms with E-state index in [1.54, 1.807) is 31.3 Å². The first-order chi connectivity index (χ1) is 16.0. The van der Waals surface area contributed by atoms with Crippen molar-refractivity contribution in [2.24, 2.45) is 17.3 Å². The van der Waals surface area contributed by atoms with Gasteiger partial charge in [0.25, 0.3) is 5.91 Å². The van der Waals surface area contributed by atoms with Gasteiger partial charge >= 0.3 is 0 Å². The van der Waals surface area contributed by atoms with Crippen LogP contribution >= 0.6 is 0 Å². The number of aryl methyl sites for hydroxylation is 1. The van der Waals surface area contributed by atoms with Crippen LogP contribution in [0.1, 0.15) is 25.0 Å². The van der Waals surface area contributed by atoms with Crippen LogP contribution in [0.15, 0.2) is 69.3 Å². The normalized spacial score (nSPS) is 18.7. The first-order valence-corrected chi connectivity index (χ1v) is 10.7. The van der Waals surface area contributed by atoms with Gasteiger partial charge in [-0.3, -0.25) is 14.5 Å². The molecular weight excluding hydrogens is 424 g/mol. The molecule has 2 amide bonds. The van der Waals surface area contributed by atoms with Gasteiger partial charge in [-0.2, -0.15) is 10.2 Å². The number of carbonyl (C=O) groups excluding carboxylic acids is 2. The Kier molecular flexibility index (Phi) is 5.43. The van der Waals surface area contributed by atoms with E-state index >= 15 is 0 Å². The Labute approximate surface area is 189 Å². The Bertz CT molecular complexity index is 1180. The zero-order valence-electron chi connectivity index (χ0n) is 18.0. The quantitative estimate of drug-likeness (QED) is 0.312. The van der Waals surface area contributed by atoms with Crippen molar-refractivity contribution in [3.63, 3.8) is 0 Å². The van der Waals surface area contributed by atoms with Crippen molar-refractivity contribution in [3.8, 4) is 5.95 Å². The summed E-state index contributed by atoms with van der Waals surface area (Å²) in [5.41, 5.74) is 2.19. The van der Waals surface area contributed by atoms with E-state index in [4.69, 9.17) is 4.52 Å². The fraction of sp³-hybridized carbons (Fsp3) is 0.304. The van der Waals surface area contributed by atoms with Crippen LogP contribution in [0.25, 0.3) is 0 Å². The van der Waals surface area contributed by atoms with E-state index in [-0.39, 0.29) is 30.8 Å². The number of azo groups is 1.